The van der Waals surface area contributed by atoms with Gasteiger partial charge in [0.25, 0.3) is 0 Å². The number of benzene rings is 1. The van der Waals surface area contributed by atoms with Crippen LogP contribution < -0.4 is 22.1 Å². The van der Waals surface area contributed by atoms with Crippen LogP contribution in [-0.2, 0) is 9.59 Å². The summed E-state index contributed by atoms with van der Waals surface area (Å²) >= 11 is 1.35. The Hall–Kier alpha value is -3.26. The molecular formula is C21H27F3N6O4S. The van der Waals surface area contributed by atoms with Gasteiger partial charge in [-0.15, -0.1) is 11.3 Å². The SMILES string of the molecule is NC(N)=NCCC[C@H](NC(=O)[C@H]1CCCNC1)C(=O)c1nc2ccccc2s1.O=C(O)C(F)(F)F. The lowest BCUT2D eigenvalue weighted by atomic mass is 9.97. The number of para-hydroxylation sites is 1. The maximum absolute atomic E-state index is 13.1. The molecule has 1 saturated heterocycles. The number of nitrogens with zero attached hydrogens (tertiary/aromatic N) is 2. The Labute approximate surface area is 203 Å². The molecule has 3 rings (SSSR count). The summed E-state index contributed by atoms with van der Waals surface area (Å²) in [5.41, 5.74) is 11.5. The van der Waals surface area contributed by atoms with Gasteiger partial charge < -0.3 is 27.2 Å². The number of carbonyl (C=O) groups is 3. The van der Waals surface area contributed by atoms with E-state index in [1.165, 1.54) is 11.3 Å². The standard InChI is InChI=1S/C19H26N6O2S.C2HF3O2/c20-19(21)23-10-4-7-14(24-17(27)12-5-3-9-22-11-12)16(26)18-25-13-6-1-2-8-15(13)28-18;3-2(4,5)1(6)7/h1-2,6,8,12,14,22H,3-5,7,9-11H2,(H,24,27)(H4,20,21,23);(H,6,7)/t12-,14-;/m0./s1. The predicted octanol–water partition coefficient (Wildman–Crippen LogP) is 1.65. The van der Waals surface area contributed by atoms with E-state index in [4.69, 9.17) is 21.4 Å². The Kier molecular flexibility index (Phi) is 10.4. The zero-order valence-electron chi connectivity index (χ0n) is 18.7. The van der Waals surface area contributed by atoms with Crippen molar-refractivity contribution < 1.29 is 32.7 Å². The predicted molar refractivity (Wildman–Crippen MR) is 125 cm³/mol. The summed E-state index contributed by atoms with van der Waals surface area (Å²) in [6.07, 6.45) is -2.26. The number of hydrogen-bond acceptors (Lipinski definition) is 7. The van der Waals surface area contributed by atoms with Crippen LogP contribution in [0.4, 0.5) is 13.2 Å². The van der Waals surface area contributed by atoms with Crippen LogP contribution in [0.2, 0.25) is 0 Å². The molecule has 0 unspecified atom stereocenters. The van der Waals surface area contributed by atoms with Gasteiger partial charge in [0.2, 0.25) is 11.7 Å². The van der Waals surface area contributed by atoms with Crippen molar-refractivity contribution in [3.8, 4) is 0 Å². The number of fused-ring (bicyclic) bond motifs is 1. The zero-order valence-corrected chi connectivity index (χ0v) is 19.5. The molecule has 35 heavy (non-hydrogen) atoms. The van der Waals surface area contributed by atoms with E-state index >= 15 is 0 Å². The second-order valence-electron chi connectivity index (χ2n) is 7.71. The number of guanidine groups is 1. The van der Waals surface area contributed by atoms with Gasteiger partial charge in [0.1, 0.15) is 0 Å². The summed E-state index contributed by atoms with van der Waals surface area (Å²) in [5.74, 6) is -3.10. The number of amides is 1. The van der Waals surface area contributed by atoms with Crippen molar-refractivity contribution in [1.29, 1.82) is 0 Å². The number of aliphatic imine (C=N–C) groups is 1. The second-order valence-corrected chi connectivity index (χ2v) is 8.74. The highest BCUT2D eigenvalue weighted by molar-refractivity contribution is 7.20. The number of aliphatic carboxylic acids is 1. The van der Waals surface area contributed by atoms with Crippen LogP contribution >= 0.6 is 11.3 Å². The molecule has 1 amide bonds. The van der Waals surface area contributed by atoms with Crippen LogP contribution in [0, 0.1) is 5.92 Å². The van der Waals surface area contributed by atoms with E-state index in [1.54, 1.807) is 0 Å². The molecule has 0 saturated carbocycles. The number of alkyl halides is 3. The summed E-state index contributed by atoms with van der Waals surface area (Å²) in [4.78, 5) is 43.1. The van der Waals surface area contributed by atoms with Crippen LogP contribution in [0.1, 0.15) is 35.5 Å². The maximum atomic E-state index is 13.1. The molecule has 0 aliphatic carbocycles. The quantitative estimate of drug-likeness (QED) is 0.152. The second kappa shape index (κ2) is 13.0. The van der Waals surface area contributed by atoms with Gasteiger partial charge in [0, 0.05) is 13.1 Å². The highest BCUT2D eigenvalue weighted by Crippen LogP contribution is 2.23. The molecule has 7 N–H and O–H groups in total. The van der Waals surface area contributed by atoms with Crippen molar-refractivity contribution in [2.45, 2.75) is 37.9 Å². The molecule has 1 aromatic heterocycles. The molecular weight excluding hydrogens is 489 g/mol. The van der Waals surface area contributed by atoms with E-state index < -0.39 is 18.2 Å². The van der Waals surface area contributed by atoms with E-state index in [-0.39, 0.29) is 23.6 Å². The number of hydrogen-bond donors (Lipinski definition) is 5. The number of nitrogens with two attached hydrogens (primary N) is 2. The minimum Gasteiger partial charge on any atom is -0.475 e. The van der Waals surface area contributed by atoms with Gasteiger partial charge in [-0.2, -0.15) is 13.2 Å². The summed E-state index contributed by atoms with van der Waals surface area (Å²) in [6, 6.07) is 6.98. The average molecular weight is 517 g/mol. The van der Waals surface area contributed by atoms with Crippen molar-refractivity contribution in [3.63, 3.8) is 0 Å². The number of nitrogens with one attached hydrogen (secondary N) is 2. The van der Waals surface area contributed by atoms with Crippen molar-refractivity contribution in [1.82, 2.24) is 15.6 Å². The first kappa shape index (κ1) is 28.0. The Morgan fingerprint density at radius 1 is 1.29 bits per heavy atom. The first-order valence-corrected chi connectivity index (χ1v) is 11.6. The van der Waals surface area contributed by atoms with Gasteiger partial charge in [0.05, 0.1) is 22.2 Å². The molecule has 1 aliphatic heterocycles. The number of carboxylic acid groups (broad SMARTS) is 1. The lowest BCUT2D eigenvalue weighted by molar-refractivity contribution is -0.192. The molecule has 1 aromatic carbocycles. The lowest BCUT2D eigenvalue weighted by Crippen LogP contribution is -2.47. The number of ketones is 1. The Bertz CT molecular complexity index is 1020. The lowest BCUT2D eigenvalue weighted by Gasteiger charge is -2.24. The van der Waals surface area contributed by atoms with Gasteiger partial charge in [-0.1, -0.05) is 12.1 Å². The van der Waals surface area contributed by atoms with E-state index in [0.717, 1.165) is 29.6 Å². The normalized spacial score (nSPS) is 16.5. The monoisotopic (exact) mass is 516 g/mol. The number of piperidine rings is 1. The van der Waals surface area contributed by atoms with Crippen LogP contribution in [0.3, 0.4) is 0 Å². The van der Waals surface area contributed by atoms with E-state index in [0.29, 0.717) is 30.9 Å². The van der Waals surface area contributed by atoms with Crippen molar-refractivity contribution in [3.05, 3.63) is 29.3 Å². The molecule has 2 aromatic rings. The molecule has 1 fully saturated rings. The largest absolute Gasteiger partial charge is 0.490 e. The molecule has 0 bridgehead atoms. The minimum absolute atomic E-state index is 0.0198. The molecule has 192 valence electrons. The number of aromatic nitrogens is 1. The molecule has 14 heteroatoms. The Balaban J connectivity index is 0.000000540. The molecule has 2 heterocycles. The third kappa shape index (κ3) is 9.13. The number of rotatable bonds is 8. The Morgan fingerprint density at radius 3 is 2.54 bits per heavy atom. The summed E-state index contributed by atoms with van der Waals surface area (Å²) < 4.78 is 32.7. The van der Waals surface area contributed by atoms with E-state index in [9.17, 15) is 22.8 Å². The van der Waals surface area contributed by atoms with E-state index in [1.807, 2.05) is 24.3 Å². The average Bonchev–Trinajstić information content (AvgIpc) is 3.25. The van der Waals surface area contributed by atoms with Crippen molar-refractivity contribution >= 4 is 45.2 Å². The van der Waals surface area contributed by atoms with Gasteiger partial charge in [-0.05, 0) is 44.4 Å². The number of carboxylic acids is 1. The summed E-state index contributed by atoms with van der Waals surface area (Å²) in [6.45, 7) is 1.98. The molecule has 0 spiro atoms. The summed E-state index contributed by atoms with van der Waals surface area (Å²) in [5, 5.41) is 13.7. The topological polar surface area (TPSA) is 173 Å². The third-order valence-electron chi connectivity index (χ3n) is 4.99. The Morgan fingerprint density at radius 2 is 1.97 bits per heavy atom. The third-order valence-corrected chi connectivity index (χ3v) is 6.04. The first-order valence-electron chi connectivity index (χ1n) is 10.8. The molecule has 1 aliphatic rings. The van der Waals surface area contributed by atoms with E-state index in [2.05, 4.69) is 20.6 Å². The number of carbonyl (C=O) groups excluding carboxylic acids is 2. The highest BCUT2D eigenvalue weighted by Gasteiger charge is 2.38. The fourth-order valence-electron chi connectivity index (χ4n) is 3.26. The fourth-order valence-corrected chi connectivity index (χ4v) is 4.22. The molecule has 2 atom stereocenters. The first-order chi connectivity index (χ1) is 16.5. The summed E-state index contributed by atoms with van der Waals surface area (Å²) in [7, 11) is 0. The maximum Gasteiger partial charge on any atom is 0.490 e. The fraction of sp³-hybridized carbons (Fsp3) is 0.476. The molecule has 10 nitrogen and oxygen atoms in total. The number of Topliss-reactive ketones (excluding diaryl/α,β-unsaturated/α-hetero) is 1. The smallest absolute Gasteiger partial charge is 0.475 e. The van der Waals surface area contributed by atoms with Crippen LogP contribution in [0.15, 0.2) is 29.3 Å². The van der Waals surface area contributed by atoms with Gasteiger partial charge in [-0.3, -0.25) is 14.6 Å². The van der Waals surface area contributed by atoms with Crippen LogP contribution in [0.25, 0.3) is 10.2 Å². The highest BCUT2D eigenvalue weighted by atomic mass is 32.1. The van der Waals surface area contributed by atoms with Gasteiger partial charge >= 0.3 is 12.1 Å². The van der Waals surface area contributed by atoms with Crippen molar-refractivity contribution in [2.75, 3.05) is 19.6 Å². The van der Waals surface area contributed by atoms with Gasteiger partial charge in [0.15, 0.2) is 11.0 Å². The number of halogens is 3. The zero-order chi connectivity index (χ0) is 26.0. The van der Waals surface area contributed by atoms with Crippen LogP contribution in [0.5, 0.6) is 0 Å². The van der Waals surface area contributed by atoms with Crippen molar-refractivity contribution in [2.24, 2.45) is 22.4 Å². The van der Waals surface area contributed by atoms with Crippen LogP contribution in [-0.4, -0.2) is 65.6 Å². The molecule has 0 radical (unpaired) electrons. The minimum atomic E-state index is -5.08. The van der Waals surface area contributed by atoms with Gasteiger partial charge in [-0.25, -0.2) is 9.78 Å². The number of thiazole rings is 1.